The number of benzene rings is 2. The molecule has 0 N–H and O–H groups in total. The van der Waals surface area contributed by atoms with E-state index < -0.39 is 21.6 Å². The summed E-state index contributed by atoms with van der Waals surface area (Å²) in [6.07, 6.45) is 0. The molecule has 0 amide bonds. The molecule has 2 aromatic carbocycles. The van der Waals surface area contributed by atoms with Crippen molar-refractivity contribution in [1.82, 2.24) is 0 Å². The molecule has 2 nitrogen and oxygen atoms in total. The van der Waals surface area contributed by atoms with E-state index in [1.165, 1.54) is 0 Å². The summed E-state index contributed by atoms with van der Waals surface area (Å²) in [7, 11) is -2.92. The molecule has 3 rings (SSSR count). The molecule has 0 bridgehead atoms. The van der Waals surface area contributed by atoms with Gasteiger partial charge in [-0.2, -0.15) is 0 Å². The molecular formula is C25H27ClO2Si2. The van der Waals surface area contributed by atoms with Gasteiger partial charge in [-0.3, -0.25) is 0 Å². The molecule has 0 fully saturated rings. The molecule has 0 atom stereocenters. The van der Waals surface area contributed by atoms with Gasteiger partial charge >= 0.3 is 5.43 Å². The molecule has 0 radical (unpaired) electrons. The van der Waals surface area contributed by atoms with E-state index in [9.17, 15) is 4.79 Å². The van der Waals surface area contributed by atoms with Gasteiger partial charge in [0.15, 0.2) is 0 Å². The van der Waals surface area contributed by atoms with Crippen molar-refractivity contribution in [1.29, 1.82) is 0 Å². The molecule has 2 aromatic rings. The first-order valence-electron chi connectivity index (χ1n) is 10.1. The minimum absolute atomic E-state index is 0.0318. The largest absolute Gasteiger partial charge is 0.453 e. The van der Waals surface area contributed by atoms with Gasteiger partial charge < -0.3 is 4.74 Å². The van der Waals surface area contributed by atoms with Crippen LogP contribution < -0.4 is 0 Å². The van der Waals surface area contributed by atoms with Gasteiger partial charge in [0, 0.05) is 28.6 Å². The van der Waals surface area contributed by atoms with E-state index in [4.69, 9.17) is 16.3 Å². The van der Waals surface area contributed by atoms with Gasteiger partial charge in [0.1, 0.15) is 22.8 Å². The predicted octanol–water partition coefficient (Wildman–Crippen LogP) is 6.63. The minimum atomic E-state index is -1.46. The SMILES string of the molecule is C[Si](C)(C)C#Cc1ccc2c(c1)-c1cc(C#C[Si](C)(C)C)ccc1C2COC(=O)Cl. The van der Waals surface area contributed by atoms with E-state index >= 15 is 0 Å². The highest BCUT2D eigenvalue weighted by Crippen LogP contribution is 2.45. The second kappa shape index (κ2) is 8.48. The van der Waals surface area contributed by atoms with Crippen molar-refractivity contribution in [3.63, 3.8) is 0 Å². The van der Waals surface area contributed by atoms with Gasteiger partial charge in [-0.05, 0) is 46.5 Å². The van der Waals surface area contributed by atoms with Crippen molar-refractivity contribution in [2.45, 2.75) is 45.2 Å². The Morgan fingerprint density at radius 3 is 1.67 bits per heavy atom. The summed E-state index contributed by atoms with van der Waals surface area (Å²) in [5.41, 5.74) is 12.7. The van der Waals surface area contributed by atoms with Crippen molar-refractivity contribution in [2.24, 2.45) is 0 Å². The van der Waals surface area contributed by atoms with Crippen LogP contribution in [-0.2, 0) is 4.74 Å². The predicted molar refractivity (Wildman–Crippen MR) is 131 cm³/mol. The van der Waals surface area contributed by atoms with E-state index in [1.807, 2.05) is 0 Å². The molecule has 154 valence electrons. The second-order valence-corrected chi connectivity index (χ2v) is 19.5. The van der Waals surface area contributed by atoms with Crippen LogP contribution in [0.4, 0.5) is 4.79 Å². The van der Waals surface area contributed by atoms with Crippen LogP contribution >= 0.6 is 11.6 Å². The lowest BCUT2D eigenvalue weighted by molar-refractivity contribution is 0.170. The van der Waals surface area contributed by atoms with Crippen molar-refractivity contribution in [3.05, 3.63) is 58.7 Å². The van der Waals surface area contributed by atoms with Crippen molar-refractivity contribution >= 4 is 33.2 Å². The van der Waals surface area contributed by atoms with E-state index in [1.54, 1.807) is 0 Å². The zero-order chi connectivity index (χ0) is 22.1. The van der Waals surface area contributed by atoms with E-state index in [0.29, 0.717) is 0 Å². The molecular weight excluding hydrogens is 424 g/mol. The maximum atomic E-state index is 11.2. The first-order valence-corrected chi connectivity index (χ1v) is 17.5. The molecule has 0 unspecified atom stereocenters. The number of carbonyl (C=O) groups is 1. The van der Waals surface area contributed by atoms with Crippen LogP contribution in [0.15, 0.2) is 36.4 Å². The molecule has 0 spiro atoms. The first kappa shape index (κ1) is 22.4. The molecule has 0 saturated heterocycles. The summed E-state index contributed by atoms with van der Waals surface area (Å²) in [6.45, 7) is 13.7. The van der Waals surface area contributed by atoms with Crippen LogP contribution in [0.1, 0.15) is 28.2 Å². The van der Waals surface area contributed by atoms with E-state index in [0.717, 1.165) is 33.4 Å². The summed E-state index contributed by atoms with van der Waals surface area (Å²) in [5.74, 6) is 6.67. The average Bonchev–Trinajstić information content (AvgIpc) is 2.94. The first-order chi connectivity index (χ1) is 13.9. The summed E-state index contributed by atoms with van der Waals surface area (Å²) in [4.78, 5) is 11.2. The number of fused-ring (bicyclic) bond motifs is 3. The van der Waals surface area contributed by atoms with Gasteiger partial charge in [-0.25, -0.2) is 4.79 Å². The molecule has 0 saturated carbocycles. The Morgan fingerprint density at radius 1 is 0.867 bits per heavy atom. The van der Waals surface area contributed by atoms with Crippen molar-refractivity contribution in [2.75, 3.05) is 6.61 Å². The zero-order valence-electron chi connectivity index (χ0n) is 18.4. The van der Waals surface area contributed by atoms with Crippen molar-refractivity contribution in [3.8, 4) is 34.1 Å². The normalized spacial score (nSPS) is 12.8. The Balaban J connectivity index is 2.09. The summed E-state index contributed by atoms with van der Waals surface area (Å²) >= 11 is 5.44. The Morgan fingerprint density at radius 2 is 1.30 bits per heavy atom. The maximum absolute atomic E-state index is 11.2. The lowest BCUT2D eigenvalue weighted by Gasteiger charge is -2.13. The Labute approximate surface area is 187 Å². The quantitative estimate of drug-likeness (QED) is 0.291. The standard InChI is InChI=1S/C25H27ClO2Si2/c1-29(2,3)13-11-18-7-9-20-22(15-18)23-16-19(12-14-30(4,5)6)8-10-21(23)24(20)17-28-25(26)27/h7-10,15-16,24H,17H2,1-6H3. The second-order valence-electron chi connectivity index (χ2n) is 9.71. The highest BCUT2D eigenvalue weighted by atomic mass is 35.5. The topological polar surface area (TPSA) is 26.3 Å². The lowest BCUT2D eigenvalue weighted by atomic mass is 9.97. The molecule has 1 aliphatic carbocycles. The highest BCUT2D eigenvalue weighted by Gasteiger charge is 2.30. The maximum Gasteiger partial charge on any atom is 0.403 e. The highest BCUT2D eigenvalue weighted by molar-refractivity contribution is 6.84. The van der Waals surface area contributed by atoms with Gasteiger partial charge in [-0.1, -0.05) is 63.3 Å². The monoisotopic (exact) mass is 450 g/mol. The molecule has 5 heteroatoms. The van der Waals surface area contributed by atoms with Crippen LogP contribution in [0.25, 0.3) is 11.1 Å². The van der Waals surface area contributed by atoms with Crippen LogP contribution in [0.2, 0.25) is 39.3 Å². The molecule has 30 heavy (non-hydrogen) atoms. The Bertz CT molecular complexity index is 1030. The summed E-state index contributed by atoms with van der Waals surface area (Å²) < 4.78 is 5.17. The third-order valence-corrected chi connectivity index (χ3v) is 6.53. The summed E-state index contributed by atoms with van der Waals surface area (Å²) in [5, 5.41) is 0. The smallest absolute Gasteiger partial charge is 0.403 e. The van der Waals surface area contributed by atoms with Gasteiger partial charge in [0.25, 0.3) is 0 Å². The minimum Gasteiger partial charge on any atom is -0.453 e. The fourth-order valence-corrected chi connectivity index (χ4v) is 4.46. The number of carbonyl (C=O) groups excluding carboxylic acids is 1. The van der Waals surface area contributed by atoms with Gasteiger partial charge in [-0.15, -0.1) is 11.1 Å². The number of halogens is 1. The van der Waals surface area contributed by atoms with E-state index in [2.05, 4.69) is 98.6 Å². The number of rotatable bonds is 2. The van der Waals surface area contributed by atoms with Crippen molar-refractivity contribution < 1.29 is 9.53 Å². The third kappa shape index (κ3) is 5.67. The lowest BCUT2D eigenvalue weighted by Crippen LogP contribution is -2.16. The molecule has 1 aliphatic rings. The average molecular weight is 451 g/mol. The van der Waals surface area contributed by atoms with Crippen LogP contribution in [0, 0.1) is 22.9 Å². The summed E-state index contributed by atoms with van der Waals surface area (Å²) in [6, 6.07) is 12.6. The Hall–Kier alpha value is -2.25. The van der Waals surface area contributed by atoms with Crippen LogP contribution in [0.3, 0.4) is 0 Å². The zero-order valence-corrected chi connectivity index (χ0v) is 21.2. The molecule has 0 aromatic heterocycles. The van der Waals surface area contributed by atoms with Gasteiger partial charge in [0.2, 0.25) is 0 Å². The molecule has 0 heterocycles. The number of hydrogen-bond donors (Lipinski definition) is 0. The molecule has 0 aliphatic heterocycles. The van der Waals surface area contributed by atoms with Crippen LogP contribution in [-0.4, -0.2) is 28.2 Å². The van der Waals surface area contributed by atoms with E-state index in [-0.39, 0.29) is 12.5 Å². The third-order valence-electron chi connectivity index (χ3n) is 4.67. The number of hydrogen-bond acceptors (Lipinski definition) is 2. The number of ether oxygens (including phenoxy) is 1. The van der Waals surface area contributed by atoms with Gasteiger partial charge in [0.05, 0.1) is 0 Å². The Kier molecular flexibility index (Phi) is 6.34. The van der Waals surface area contributed by atoms with Crippen LogP contribution in [0.5, 0.6) is 0 Å². The fourth-order valence-electron chi connectivity index (χ4n) is 3.36. The fraction of sp³-hybridized carbons (Fsp3) is 0.320.